The van der Waals surface area contributed by atoms with Crippen LogP contribution in [0.15, 0.2) is 30.3 Å². The molecule has 1 aromatic carbocycles. The molecular formula is C13H15NO4. The van der Waals surface area contributed by atoms with Gasteiger partial charge < -0.3 is 15.2 Å². The number of aliphatic carboxylic acids is 1. The van der Waals surface area contributed by atoms with Gasteiger partial charge in [0, 0.05) is 0 Å². The van der Waals surface area contributed by atoms with Gasteiger partial charge in [0.25, 0.3) is 0 Å². The Morgan fingerprint density at radius 2 is 2.06 bits per heavy atom. The number of amides is 1. The summed E-state index contributed by atoms with van der Waals surface area (Å²) in [4.78, 5) is 22.6. The largest absolute Gasteiger partial charge is 0.479 e. The third kappa shape index (κ3) is 2.45. The van der Waals surface area contributed by atoms with Gasteiger partial charge in [-0.2, -0.15) is 0 Å². The zero-order valence-electron chi connectivity index (χ0n) is 10.1. The first-order valence-electron chi connectivity index (χ1n) is 5.77. The summed E-state index contributed by atoms with van der Waals surface area (Å²) in [6.07, 6.45) is -0.242. The molecule has 1 aromatic rings. The average Bonchev–Trinajstić information content (AvgIpc) is 3.00. The second kappa shape index (κ2) is 4.68. The van der Waals surface area contributed by atoms with Crippen molar-refractivity contribution in [3.05, 3.63) is 35.9 Å². The maximum absolute atomic E-state index is 11.5. The molecule has 0 aliphatic heterocycles. The summed E-state index contributed by atoms with van der Waals surface area (Å²) in [5.74, 6) is -1.06. The zero-order chi connectivity index (χ0) is 13.2. The van der Waals surface area contributed by atoms with Crippen LogP contribution in [0.4, 0.5) is 4.79 Å². The molecule has 2 atom stereocenters. The van der Waals surface area contributed by atoms with E-state index in [9.17, 15) is 9.59 Å². The molecule has 96 valence electrons. The topological polar surface area (TPSA) is 75.6 Å². The number of alkyl carbamates (subject to hydrolysis) is 1. The fraction of sp³-hybridized carbons (Fsp3) is 0.385. The van der Waals surface area contributed by atoms with Crippen LogP contribution >= 0.6 is 0 Å². The van der Waals surface area contributed by atoms with Crippen LogP contribution in [0, 0.1) is 5.92 Å². The number of hydrogen-bond donors (Lipinski definition) is 2. The highest BCUT2D eigenvalue weighted by Crippen LogP contribution is 2.43. The number of carbonyl (C=O) groups is 2. The van der Waals surface area contributed by atoms with Crippen LogP contribution in [0.3, 0.4) is 0 Å². The molecule has 0 saturated heterocycles. The molecule has 1 fully saturated rings. The Bertz CT molecular complexity index is 459. The van der Waals surface area contributed by atoms with Gasteiger partial charge in [0.2, 0.25) is 0 Å². The highest BCUT2D eigenvalue weighted by molar-refractivity contribution is 5.88. The summed E-state index contributed by atoms with van der Waals surface area (Å²) >= 11 is 0. The number of carboxylic acid groups (broad SMARTS) is 1. The van der Waals surface area contributed by atoms with E-state index in [4.69, 9.17) is 9.84 Å². The minimum absolute atomic E-state index is 0.0562. The van der Waals surface area contributed by atoms with Crippen molar-refractivity contribution in [3.8, 4) is 0 Å². The predicted octanol–water partition coefficient (Wildman–Crippen LogP) is 1.78. The fourth-order valence-electron chi connectivity index (χ4n) is 1.89. The van der Waals surface area contributed by atoms with Crippen molar-refractivity contribution >= 4 is 12.1 Å². The van der Waals surface area contributed by atoms with Gasteiger partial charge in [0.1, 0.15) is 12.1 Å². The first kappa shape index (κ1) is 12.4. The number of benzene rings is 1. The van der Waals surface area contributed by atoms with Gasteiger partial charge in [-0.1, -0.05) is 37.3 Å². The van der Waals surface area contributed by atoms with Crippen molar-refractivity contribution in [2.24, 2.45) is 5.92 Å². The van der Waals surface area contributed by atoms with Gasteiger partial charge in [-0.3, -0.25) is 0 Å². The van der Waals surface area contributed by atoms with Crippen molar-refractivity contribution in [2.75, 3.05) is 0 Å². The van der Waals surface area contributed by atoms with Crippen molar-refractivity contribution in [3.63, 3.8) is 0 Å². The van der Waals surface area contributed by atoms with Crippen molar-refractivity contribution in [2.45, 2.75) is 25.5 Å². The van der Waals surface area contributed by atoms with E-state index in [1.165, 1.54) is 0 Å². The molecule has 0 heterocycles. The Balaban J connectivity index is 1.85. The van der Waals surface area contributed by atoms with E-state index in [1.54, 1.807) is 6.92 Å². The molecule has 0 spiro atoms. The molecule has 1 saturated carbocycles. The van der Waals surface area contributed by atoms with Crippen molar-refractivity contribution in [1.29, 1.82) is 0 Å². The molecule has 0 aromatic heterocycles. The lowest BCUT2D eigenvalue weighted by atomic mass is 10.2. The Labute approximate surface area is 105 Å². The van der Waals surface area contributed by atoms with Gasteiger partial charge >= 0.3 is 12.1 Å². The Hall–Kier alpha value is -2.04. The number of carbonyl (C=O) groups excluding carboxylic acids is 1. The molecular weight excluding hydrogens is 234 g/mol. The standard InChI is InChI=1S/C13H15NO4/c1-9-7-13(9,11(15)16)14-12(17)18-8-10-5-3-2-4-6-10/h2-6,9H,7-8H2,1H3,(H,14,17)(H,15,16). The lowest BCUT2D eigenvalue weighted by Gasteiger charge is -2.13. The molecule has 5 heteroatoms. The van der Waals surface area contributed by atoms with Gasteiger partial charge in [-0.25, -0.2) is 9.59 Å². The van der Waals surface area contributed by atoms with Crippen LogP contribution in [0.2, 0.25) is 0 Å². The predicted molar refractivity (Wildman–Crippen MR) is 63.9 cm³/mol. The second-order valence-electron chi connectivity index (χ2n) is 4.57. The zero-order valence-corrected chi connectivity index (χ0v) is 10.1. The van der Waals surface area contributed by atoms with E-state index < -0.39 is 17.6 Å². The first-order chi connectivity index (χ1) is 8.54. The summed E-state index contributed by atoms with van der Waals surface area (Å²) in [7, 11) is 0. The van der Waals surface area contributed by atoms with E-state index in [-0.39, 0.29) is 12.5 Å². The number of carboxylic acids is 1. The summed E-state index contributed by atoms with van der Waals surface area (Å²) < 4.78 is 4.99. The third-order valence-corrected chi connectivity index (χ3v) is 3.23. The summed E-state index contributed by atoms with van der Waals surface area (Å²) in [6.45, 7) is 1.92. The van der Waals surface area contributed by atoms with Crippen LogP contribution < -0.4 is 5.32 Å². The van der Waals surface area contributed by atoms with Crippen LogP contribution in [0.1, 0.15) is 18.9 Å². The van der Waals surface area contributed by atoms with Crippen molar-refractivity contribution in [1.82, 2.24) is 5.32 Å². The molecule has 18 heavy (non-hydrogen) atoms. The van der Waals surface area contributed by atoms with E-state index in [2.05, 4.69) is 5.32 Å². The second-order valence-corrected chi connectivity index (χ2v) is 4.57. The highest BCUT2D eigenvalue weighted by Gasteiger charge is 2.59. The average molecular weight is 249 g/mol. The van der Waals surface area contributed by atoms with Crippen LogP contribution in [-0.4, -0.2) is 22.7 Å². The smallest absolute Gasteiger partial charge is 0.408 e. The molecule has 2 rings (SSSR count). The Morgan fingerprint density at radius 3 is 2.56 bits per heavy atom. The molecule has 1 aliphatic rings. The van der Waals surface area contributed by atoms with Gasteiger partial charge in [0.15, 0.2) is 0 Å². The maximum atomic E-state index is 11.5. The molecule has 0 bridgehead atoms. The summed E-state index contributed by atoms with van der Waals surface area (Å²) in [5, 5.41) is 11.5. The van der Waals surface area contributed by atoms with E-state index in [0.717, 1.165) is 5.56 Å². The Kier molecular flexibility index (Phi) is 3.23. The summed E-state index contributed by atoms with van der Waals surface area (Å²) in [6, 6.07) is 9.23. The van der Waals surface area contributed by atoms with Gasteiger partial charge in [-0.15, -0.1) is 0 Å². The van der Waals surface area contributed by atoms with E-state index in [0.29, 0.717) is 6.42 Å². The van der Waals surface area contributed by atoms with Crippen LogP contribution in [-0.2, 0) is 16.1 Å². The van der Waals surface area contributed by atoms with E-state index in [1.807, 2.05) is 30.3 Å². The lowest BCUT2D eigenvalue weighted by Crippen LogP contribution is -2.44. The minimum Gasteiger partial charge on any atom is -0.479 e. The molecule has 2 unspecified atom stereocenters. The SMILES string of the molecule is CC1CC1(NC(=O)OCc1ccccc1)C(=O)O. The number of ether oxygens (including phenoxy) is 1. The minimum atomic E-state index is -1.13. The number of nitrogens with one attached hydrogen (secondary N) is 1. The lowest BCUT2D eigenvalue weighted by molar-refractivity contribution is -0.141. The Morgan fingerprint density at radius 1 is 1.44 bits per heavy atom. The summed E-state index contributed by atoms with van der Waals surface area (Å²) in [5.41, 5.74) is -0.269. The third-order valence-electron chi connectivity index (χ3n) is 3.23. The van der Waals surface area contributed by atoms with Crippen LogP contribution in [0.5, 0.6) is 0 Å². The highest BCUT2D eigenvalue weighted by atomic mass is 16.5. The maximum Gasteiger partial charge on any atom is 0.408 e. The molecule has 0 radical (unpaired) electrons. The molecule has 2 N–H and O–H groups in total. The van der Waals surface area contributed by atoms with Crippen molar-refractivity contribution < 1.29 is 19.4 Å². The van der Waals surface area contributed by atoms with E-state index >= 15 is 0 Å². The molecule has 5 nitrogen and oxygen atoms in total. The molecule has 1 aliphatic carbocycles. The molecule has 1 amide bonds. The van der Waals surface area contributed by atoms with Gasteiger partial charge in [0.05, 0.1) is 0 Å². The quantitative estimate of drug-likeness (QED) is 0.852. The normalized spacial score (nSPS) is 25.3. The number of rotatable bonds is 4. The van der Waals surface area contributed by atoms with Crippen LogP contribution in [0.25, 0.3) is 0 Å². The number of hydrogen-bond acceptors (Lipinski definition) is 3. The first-order valence-corrected chi connectivity index (χ1v) is 5.77. The monoisotopic (exact) mass is 249 g/mol. The fourth-order valence-corrected chi connectivity index (χ4v) is 1.89. The van der Waals surface area contributed by atoms with Gasteiger partial charge in [-0.05, 0) is 17.9 Å².